The Balaban J connectivity index is 1.91. The third-order valence-electron chi connectivity index (χ3n) is 4.74. The summed E-state index contributed by atoms with van der Waals surface area (Å²) in [7, 11) is 0. The molecule has 0 aromatic heterocycles. The Morgan fingerprint density at radius 3 is 2.55 bits per heavy atom. The van der Waals surface area contributed by atoms with Gasteiger partial charge in [0.1, 0.15) is 6.54 Å². The fraction of sp³-hybridized carbons (Fsp3) is 0.0909. The van der Waals surface area contributed by atoms with Gasteiger partial charge in [-0.1, -0.05) is 69.5 Å². The van der Waals surface area contributed by atoms with E-state index in [0.29, 0.717) is 10.7 Å². The van der Waals surface area contributed by atoms with Gasteiger partial charge in [-0.2, -0.15) is 0 Å². The predicted octanol–water partition coefficient (Wildman–Crippen LogP) is 5.94. The molecule has 7 heteroatoms. The molecule has 1 heterocycles. The number of nitrogens with zero attached hydrogens (tertiary/aromatic N) is 1. The molecule has 0 unspecified atom stereocenters. The Bertz CT molecular complexity index is 1110. The van der Waals surface area contributed by atoms with Crippen molar-refractivity contribution in [3.63, 3.8) is 0 Å². The number of amides is 2. The zero-order chi connectivity index (χ0) is 20.5. The highest BCUT2D eigenvalue weighted by molar-refractivity contribution is 9.10. The van der Waals surface area contributed by atoms with Gasteiger partial charge in [-0.15, -0.1) is 0 Å². The highest BCUT2D eigenvalue weighted by Crippen LogP contribution is 2.38. The van der Waals surface area contributed by atoms with E-state index in [9.17, 15) is 9.59 Å². The molecular formula is C22H15BrCl2N2O2. The molecule has 146 valence electrons. The molecule has 4 nitrogen and oxygen atoms in total. The zero-order valence-electron chi connectivity index (χ0n) is 15.0. The molecule has 1 aliphatic heterocycles. The lowest BCUT2D eigenvalue weighted by Crippen LogP contribution is -2.39. The SMILES string of the molecule is O=C1CN(C(=O)c2cc(Cl)ccc2Cl)[C@@H](c2ccccc2)c2cc(Br)ccc2N1. The monoisotopic (exact) mass is 488 g/mol. The minimum atomic E-state index is -0.481. The van der Waals surface area contributed by atoms with Crippen LogP contribution in [0.3, 0.4) is 0 Å². The largest absolute Gasteiger partial charge is 0.324 e. The Kier molecular flexibility index (Phi) is 5.63. The lowest BCUT2D eigenvalue weighted by molar-refractivity contribution is -0.117. The third kappa shape index (κ3) is 4.04. The van der Waals surface area contributed by atoms with Crippen molar-refractivity contribution in [2.24, 2.45) is 0 Å². The lowest BCUT2D eigenvalue weighted by atomic mass is 9.95. The number of anilines is 1. The molecule has 3 aromatic carbocycles. The first-order chi connectivity index (χ1) is 13.9. The summed E-state index contributed by atoms with van der Waals surface area (Å²) >= 11 is 15.9. The molecule has 1 N–H and O–H groups in total. The number of hydrogen-bond donors (Lipinski definition) is 1. The quantitative estimate of drug-likeness (QED) is 0.484. The van der Waals surface area contributed by atoms with Crippen molar-refractivity contribution in [2.75, 3.05) is 11.9 Å². The topological polar surface area (TPSA) is 49.4 Å². The highest BCUT2D eigenvalue weighted by atomic mass is 79.9. The van der Waals surface area contributed by atoms with Crippen molar-refractivity contribution in [3.8, 4) is 0 Å². The number of carbonyl (C=O) groups excluding carboxylic acids is 2. The van der Waals surface area contributed by atoms with Gasteiger partial charge in [0.2, 0.25) is 5.91 Å². The molecular weight excluding hydrogens is 475 g/mol. The number of halogens is 3. The van der Waals surface area contributed by atoms with Gasteiger partial charge in [0.05, 0.1) is 16.6 Å². The normalized spacial score (nSPS) is 16.0. The summed E-state index contributed by atoms with van der Waals surface area (Å²) < 4.78 is 0.849. The third-order valence-corrected chi connectivity index (χ3v) is 5.80. The summed E-state index contributed by atoms with van der Waals surface area (Å²) in [6.45, 7) is -0.118. The Morgan fingerprint density at radius 1 is 1.03 bits per heavy atom. The van der Waals surface area contributed by atoms with Crippen molar-refractivity contribution in [1.29, 1.82) is 0 Å². The summed E-state index contributed by atoms with van der Waals surface area (Å²) in [5.74, 6) is -0.646. The molecule has 4 rings (SSSR count). The molecule has 29 heavy (non-hydrogen) atoms. The van der Waals surface area contributed by atoms with Crippen LogP contribution in [0.2, 0.25) is 10.0 Å². The Hall–Kier alpha value is -2.34. The summed E-state index contributed by atoms with van der Waals surface area (Å²) in [6, 6.07) is 19.4. The summed E-state index contributed by atoms with van der Waals surface area (Å²) in [5, 5.41) is 3.58. The van der Waals surface area contributed by atoms with Crippen molar-refractivity contribution in [3.05, 3.63) is 97.9 Å². The molecule has 0 spiro atoms. The molecule has 2 amide bonds. The molecule has 0 bridgehead atoms. The number of fused-ring (bicyclic) bond motifs is 1. The van der Waals surface area contributed by atoms with Crippen molar-refractivity contribution in [2.45, 2.75) is 6.04 Å². The van der Waals surface area contributed by atoms with Gasteiger partial charge in [-0.25, -0.2) is 0 Å². The maximum atomic E-state index is 13.5. The maximum Gasteiger partial charge on any atom is 0.256 e. The average Bonchev–Trinajstić information content (AvgIpc) is 2.85. The van der Waals surface area contributed by atoms with Gasteiger partial charge < -0.3 is 10.2 Å². The average molecular weight is 490 g/mol. The van der Waals surface area contributed by atoms with E-state index in [1.165, 1.54) is 11.0 Å². The van der Waals surface area contributed by atoms with Gasteiger partial charge in [-0.3, -0.25) is 9.59 Å². The number of carbonyl (C=O) groups is 2. The zero-order valence-corrected chi connectivity index (χ0v) is 18.1. The van der Waals surface area contributed by atoms with E-state index < -0.39 is 6.04 Å². The second-order valence-corrected chi connectivity index (χ2v) is 8.41. The van der Waals surface area contributed by atoms with Crippen LogP contribution in [-0.4, -0.2) is 23.3 Å². The first kappa shape index (κ1) is 20.0. The molecule has 0 saturated carbocycles. The van der Waals surface area contributed by atoms with E-state index in [-0.39, 0.29) is 28.9 Å². The second-order valence-electron chi connectivity index (χ2n) is 6.65. The van der Waals surface area contributed by atoms with Crippen LogP contribution in [0, 0.1) is 0 Å². The van der Waals surface area contributed by atoms with Crippen LogP contribution in [-0.2, 0) is 4.79 Å². The predicted molar refractivity (Wildman–Crippen MR) is 119 cm³/mol. The van der Waals surface area contributed by atoms with Gasteiger partial charge in [0.15, 0.2) is 0 Å². The van der Waals surface area contributed by atoms with E-state index in [4.69, 9.17) is 23.2 Å². The van der Waals surface area contributed by atoms with Crippen LogP contribution in [0.5, 0.6) is 0 Å². The smallest absolute Gasteiger partial charge is 0.256 e. The molecule has 1 aliphatic rings. The minimum Gasteiger partial charge on any atom is -0.324 e. The molecule has 1 atom stereocenters. The van der Waals surface area contributed by atoms with Crippen LogP contribution < -0.4 is 5.32 Å². The van der Waals surface area contributed by atoms with Gasteiger partial charge in [0.25, 0.3) is 5.91 Å². The standard InChI is InChI=1S/C22H15BrCl2N2O2/c23-14-6-9-19-17(10-14)21(13-4-2-1-3-5-13)27(12-20(28)26-19)22(29)16-11-15(24)7-8-18(16)25/h1-11,21H,12H2,(H,26,28)/t21-/m0/s1. The van der Waals surface area contributed by atoms with Crippen LogP contribution in [0.25, 0.3) is 0 Å². The van der Waals surface area contributed by atoms with Crippen molar-refractivity contribution < 1.29 is 9.59 Å². The fourth-order valence-electron chi connectivity index (χ4n) is 3.48. The number of benzene rings is 3. The fourth-order valence-corrected chi connectivity index (χ4v) is 4.23. The number of rotatable bonds is 2. The second kappa shape index (κ2) is 8.19. The summed E-state index contributed by atoms with van der Waals surface area (Å²) in [4.78, 5) is 27.7. The Morgan fingerprint density at radius 2 is 1.79 bits per heavy atom. The molecule has 0 fully saturated rings. The van der Waals surface area contributed by atoms with Crippen LogP contribution in [0.4, 0.5) is 5.69 Å². The van der Waals surface area contributed by atoms with E-state index in [1.807, 2.05) is 48.5 Å². The molecule has 0 saturated heterocycles. The van der Waals surface area contributed by atoms with Gasteiger partial charge in [0, 0.05) is 20.7 Å². The van der Waals surface area contributed by atoms with Gasteiger partial charge in [-0.05, 0) is 42.0 Å². The highest BCUT2D eigenvalue weighted by Gasteiger charge is 2.34. The summed E-state index contributed by atoms with van der Waals surface area (Å²) in [5.41, 5.74) is 2.61. The molecule has 3 aromatic rings. The summed E-state index contributed by atoms with van der Waals surface area (Å²) in [6.07, 6.45) is 0. The number of nitrogens with one attached hydrogen (secondary N) is 1. The molecule has 0 aliphatic carbocycles. The number of hydrogen-bond acceptors (Lipinski definition) is 2. The van der Waals surface area contributed by atoms with Crippen LogP contribution in [0.15, 0.2) is 71.2 Å². The van der Waals surface area contributed by atoms with Crippen molar-refractivity contribution in [1.82, 2.24) is 4.90 Å². The maximum absolute atomic E-state index is 13.5. The van der Waals surface area contributed by atoms with E-state index >= 15 is 0 Å². The van der Waals surface area contributed by atoms with Crippen LogP contribution in [0.1, 0.15) is 27.5 Å². The van der Waals surface area contributed by atoms with E-state index in [0.717, 1.165) is 15.6 Å². The lowest BCUT2D eigenvalue weighted by Gasteiger charge is -2.31. The minimum absolute atomic E-state index is 0.118. The van der Waals surface area contributed by atoms with Crippen molar-refractivity contribution >= 4 is 56.6 Å². The Labute approximate surface area is 186 Å². The van der Waals surface area contributed by atoms with Gasteiger partial charge >= 0.3 is 0 Å². The van der Waals surface area contributed by atoms with Crippen LogP contribution >= 0.6 is 39.1 Å². The first-order valence-corrected chi connectivity index (χ1v) is 10.4. The molecule has 0 radical (unpaired) electrons. The first-order valence-electron chi connectivity index (χ1n) is 8.84. The van der Waals surface area contributed by atoms with E-state index in [2.05, 4.69) is 21.2 Å². The van der Waals surface area contributed by atoms with E-state index in [1.54, 1.807) is 12.1 Å².